The lowest BCUT2D eigenvalue weighted by atomic mass is 10.0. The van der Waals surface area contributed by atoms with Gasteiger partial charge in [-0.15, -0.1) is 0 Å². The average molecular weight is 230 g/mol. The lowest BCUT2D eigenvalue weighted by Crippen LogP contribution is -2.24. The van der Waals surface area contributed by atoms with Crippen molar-refractivity contribution in [3.8, 4) is 5.75 Å². The van der Waals surface area contributed by atoms with Crippen LogP contribution in [0.3, 0.4) is 0 Å². The maximum Gasteiger partial charge on any atom is 0.166 e. The van der Waals surface area contributed by atoms with Crippen molar-refractivity contribution in [2.24, 2.45) is 5.73 Å². The van der Waals surface area contributed by atoms with Gasteiger partial charge < -0.3 is 10.5 Å². The first-order chi connectivity index (χ1) is 7.04. The molecule has 0 aliphatic heterocycles. The van der Waals surface area contributed by atoms with Crippen LogP contribution < -0.4 is 10.5 Å². The molecule has 1 aliphatic carbocycles. The number of halogens is 2. The fourth-order valence-corrected chi connectivity index (χ4v) is 1.92. The van der Waals surface area contributed by atoms with Gasteiger partial charge in [-0.2, -0.15) is 0 Å². The molecule has 0 spiro atoms. The first-order valence-electron chi connectivity index (χ1n) is 4.85. The van der Waals surface area contributed by atoms with Gasteiger partial charge in [0.25, 0.3) is 0 Å². The molecule has 0 bridgehead atoms. The zero-order chi connectivity index (χ0) is 11.1. The van der Waals surface area contributed by atoms with Gasteiger partial charge in [-0.25, -0.2) is 4.39 Å². The topological polar surface area (TPSA) is 35.2 Å². The molecule has 0 atom stereocenters. The summed E-state index contributed by atoms with van der Waals surface area (Å²) >= 11 is 5.79. The molecule has 1 aromatic rings. The van der Waals surface area contributed by atoms with E-state index >= 15 is 0 Å². The van der Waals surface area contributed by atoms with E-state index in [2.05, 4.69) is 0 Å². The standard InChI is InChI=1S/C11H13ClFNO/c1-15-10-7(6-11(14)2-3-11)4-8(12)5-9(10)13/h4-5H,2-3,6,14H2,1H3. The van der Waals surface area contributed by atoms with E-state index in [1.54, 1.807) is 6.07 Å². The first-order valence-corrected chi connectivity index (χ1v) is 5.23. The van der Waals surface area contributed by atoms with E-state index in [0.29, 0.717) is 11.4 Å². The predicted molar refractivity (Wildman–Crippen MR) is 57.8 cm³/mol. The molecule has 0 radical (unpaired) electrons. The van der Waals surface area contributed by atoms with Crippen LogP contribution in [0.2, 0.25) is 5.02 Å². The SMILES string of the molecule is COc1c(F)cc(Cl)cc1CC1(N)CC1. The first kappa shape index (κ1) is 10.7. The summed E-state index contributed by atoms with van der Waals surface area (Å²) < 4.78 is 18.5. The van der Waals surface area contributed by atoms with Gasteiger partial charge in [0.2, 0.25) is 0 Å². The van der Waals surface area contributed by atoms with E-state index in [1.165, 1.54) is 13.2 Å². The Morgan fingerprint density at radius 2 is 2.20 bits per heavy atom. The molecular formula is C11H13ClFNO. The number of benzene rings is 1. The Balaban J connectivity index is 2.35. The van der Waals surface area contributed by atoms with Crippen LogP contribution in [0.4, 0.5) is 4.39 Å². The van der Waals surface area contributed by atoms with Crippen molar-refractivity contribution in [2.75, 3.05) is 7.11 Å². The average Bonchev–Trinajstić information content (AvgIpc) is 2.82. The molecule has 82 valence electrons. The second-order valence-electron chi connectivity index (χ2n) is 4.12. The van der Waals surface area contributed by atoms with Crippen LogP contribution in [0, 0.1) is 5.82 Å². The molecular weight excluding hydrogens is 217 g/mol. The van der Waals surface area contributed by atoms with Crippen molar-refractivity contribution in [3.05, 3.63) is 28.5 Å². The molecule has 15 heavy (non-hydrogen) atoms. The fraction of sp³-hybridized carbons (Fsp3) is 0.455. The zero-order valence-corrected chi connectivity index (χ0v) is 9.27. The van der Waals surface area contributed by atoms with Gasteiger partial charge in [-0.3, -0.25) is 0 Å². The van der Waals surface area contributed by atoms with Crippen LogP contribution in [0.1, 0.15) is 18.4 Å². The van der Waals surface area contributed by atoms with Crippen molar-refractivity contribution in [3.63, 3.8) is 0 Å². The molecule has 2 nitrogen and oxygen atoms in total. The Morgan fingerprint density at radius 1 is 1.53 bits per heavy atom. The van der Waals surface area contributed by atoms with E-state index in [4.69, 9.17) is 22.1 Å². The number of ether oxygens (including phenoxy) is 1. The molecule has 1 aliphatic rings. The lowest BCUT2D eigenvalue weighted by Gasteiger charge is -2.13. The van der Waals surface area contributed by atoms with Gasteiger partial charge in [-0.05, 0) is 31.4 Å². The van der Waals surface area contributed by atoms with Crippen molar-refractivity contribution in [2.45, 2.75) is 24.8 Å². The molecule has 0 aromatic heterocycles. The Labute approximate surface area is 93.2 Å². The normalized spacial score (nSPS) is 17.6. The van der Waals surface area contributed by atoms with Gasteiger partial charge in [-0.1, -0.05) is 11.6 Å². The van der Waals surface area contributed by atoms with Gasteiger partial charge >= 0.3 is 0 Å². The van der Waals surface area contributed by atoms with Crippen molar-refractivity contribution < 1.29 is 9.13 Å². The smallest absolute Gasteiger partial charge is 0.166 e. The summed E-state index contributed by atoms with van der Waals surface area (Å²) in [5, 5.41) is 0.382. The van der Waals surface area contributed by atoms with E-state index < -0.39 is 5.82 Å². The van der Waals surface area contributed by atoms with Crippen molar-refractivity contribution in [1.29, 1.82) is 0 Å². The maximum atomic E-state index is 13.5. The maximum absolute atomic E-state index is 13.5. The van der Waals surface area contributed by atoms with Gasteiger partial charge in [0.1, 0.15) is 0 Å². The van der Waals surface area contributed by atoms with E-state index in [0.717, 1.165) is 18.4 Å². The van der Waals surface area contributed by atoms with Crippen LogP contribution >= 0.6 is 11.6 Å². The third kappa shape index (κ3) is 2.24. The lowest BCUT2D eigenvalue weighted by molar-refractivity contribution is 0.379. The van der Waals surface area contributed by atoms with Crippen LogP contribution in [0.5, 0.6) is 5.75 Å². The summed E-state index contributed by atoms with van der Waals surface area (Å²) in [5.74, 6) is -0.166. The van der Waals surface area contributed by atoms with E-state index in [1.807, 2.05) is 0 Å². The highest BCUT2D eigenvalue weighted by molar-refractivity contribution is 6.30. The predicted octanol–water partition coefficient (Wildman–Crippen LogP) is 2.52. The summed E-state index contributed by atoms with van der Waals surface area (Å²) in [7, 11) is 1.45. The fourth-order valence-electron chi connectivity index (χ4n) is 1.69. The molecule has 4 heteroatoms. The Hall–Kier alpha value is -0.800. The molecule has 0 unspecified atom stereocenters. The number of methoxy groups -OCH3 is 1. The third-order valence-corrected chi connectivity index (χ3v) is 2.94. The Kier molecular flexibility index (Phi) is 2.61. The highest BCUT2D eigenvalue weighted by atomic mass is 35.5. The number of hydrogen-bond acceptors (Lipinski definition) is 2. The summed E-state index contributed by atoms with van der Waals surface area (Å²) in [5.41, 5.74) is 6.56. The monoisotopic (exact) mass is 229 g/mol. The second kappa shape index (κ2) is 3.65. The van der Waals surface area contributed by atoms with Crippen LogP contribution in [0.15, 0.2) is 12.1 Å². The zero-order valence-electron chi connectivity index (χ0n) is 8.52. The minimum absolute atomic E-state index is 0.176. The third-order valence-electron chi connectivity index (χ3n) is 2.72. The molecule has 0 saturated heterocycles. The molecule has 1 aromatic carbocycles. The van der Waals surface area contributed by atoms with Gasteiger partial charge in [0, 0.05) is 16.1 Å². The molecule has 2 N–H and O–H groups in total. The summed E-state index contributed by atoms with van der Waals surface area (Å²) in [6, 6.07) is 2.97. The summed E-state index contributed by atoms with van der Waals surface area (Å²) in [6.07, 6.45) is 2.57. The minimum Gasteiger partial charge on any atom is -0.493 e. The molecule has 2 rings (SSSR count). The quantitative estimate of drug-likeness (QED) is 0.865. The molecule has 1 saturated carbocycles. The Morgan fingerprint density at radius 3 is 2.73 bits per heavy atom. The highest BCUT2D eigenvalue weighted by Gasteiger charge is 2.39. The van der Waals surface area contributed by atoms with Crippen LogP contribution in [0.25, 0.3) is 0 Å². The van der Waals surface area contributed by atoms with E-state index in [-0.39, 0.29) is 11.3 Å². The Bertz CT molecular complexity index is 390. The van der Waals surface area contributed by atoms with Gasteiger partial charge in [0.05, 0.1) is 7.11 Å². The molecule has 0 amide bonds. The van der Waals surface area contributed by atoms with Crippen LogP contribution in [-0.4, -0.2) is 12.6 Å². The number of hydrogen-bond donors (Lipinski definition) is 1. The van der Waals surface area contributed by atoms with Crippen molar-refractivity contribution in [1.82, 2.24) is 0 Å². The van der Waals surface area contributed by atoms with Crippen LogP contribution in [-0.2, 0) is 6.42 Å². The van der Waals surface area contributed by atoms with Crippen molar-refractivity contribution >= 4 is 11.6 Å². The largest absolute Gasteiger partial charge is 0.493 e. The number of nitrogens with two attached hydrogens (primary N) is 1. The van der Waals surface area contributed by atoms with Gasteiger partial charge in [0.15, 0.2) is 11.6 Å². The minimum atomic E-state index is -0.427. The second-order valence-corrected chi connectivity index (χ2v) is 4.56. The summed E-state index contributed by atoms with van der Waals surface area (Å²) in [6.45, 7) is 0. The highest BCUT2D eigenvalue weighted by Crippen LogP contribution is 2.39. The summed E-state index contributed by atoms with van der Waals surface area (Å²) in [4.78, 5) is 0. The molecule has 1 fully saturated rings. The van der Waals surface area contributed by atoms with E-state index in [9.17, 15) is 4.39 Å². The molecule has 0 heterocycles. The number of rotatable bonds is 3.